The van der Waals surface area contributed by atoms with Gasteiger partial charge in [0, 0.05) is 18.1 Å². The van der Waals surface area contributed by atoms with Crippen LogP contribution in [0.3, 0.4) is 0 Å². The zero-order valence-corrected chi connectivity index (χ0v) is 12.6. The largest absolute Gasteiger partial charge is 0.329 e. The van der Waals surface area contributed by atoms with E-state index in [0.717, 1.165) is 18.4 Å². The van der Waals surface area contributed by atoms with Crippen LogP contribution < -0.4 is 5.73 Å². The summed E-state index contributed by atoms with van der Waals surface area (Å²) in [6, 6.07) is 0.631. The molecule has 0 amide bonds. The first-order valence-electron chi connectivity index (χ1n) is 8.10. The molecule has 2 saturated carbocycles. The van der Waals surface area contributed by atoms with Gasteiger partial charge in [-0.15, -0.1) is 0 Å². The summed E-state index contributed by atoms with van der Waals surface area (Å²) in [5, 5.41) is 0. The Hall–Kier alpha value is -0.0800. The van der Waals surface area contributed by atoms with Crippen LogP contribution in [0, 0.1) is 11.8 Å². The minimum atomic E-state index is 0.315. The van der Waals surface area contributed by atoms with E-state index >= 15 is 0 Å². The lowest BCUT2D eigenvalue weighted by molar-refractivity contribution is 0.00806. The van der Waals surface area contributed by atoms with Crippen LogP contribution in [-0.4, -0.2) is 29.6 Å². The molecule has 0 bridgehead atoms. The van der Waals surface area contributed by atoms with Crippen molar-refractivity contribution in [3.05, 3.63) is 0 Å². The number of nitrogens with two attached hydrogens (primary N) is 1. The van der Waals surface area contributed by atoms with E-state index in [1.165, 1.54) is 51.5 Å². The van der Waals surface area contributed by atoms with E-state index in [1.807, 2.05) is 0 Å². The average Bonchev–Trinajstić information content (AvgIpc) is 3.20. The predicted octanol–water partition coefficient (Wildman–Crippen LogP) is 3.40. The quantitative estimate of drug-likeness (QED) is 0.785. The van der Waals surface area contributed by atoms with Crippen molar-refractivity contribution in [1.82, 2.24) is 4.90 Å². The SMILES string of the molecule is CCCN(C(C)C)C1(CN)CCCC(C2CC2)C1. The Morgan fingerprint density at radius 1 is 1.22 bits per heavy atom. The van der Waals surface area contributed by atoms with Crippen molar-refractivity contribution >= 4 is 0 Å². The van der Waals surface area contributed by atoms with Gasteiger partial charge in [0.1, 0.15) is 0 Å². The minimum absolute atomic E-state index is 0.315. The number of rotatable bonds is 6. The highest BCUT2D eigenvalue weighted by Gasteiger charge is 2.44. The number of hydrogen-bond acceptors (Lipinski definition) is 2. The van der Waals surface area contributed by atoms with Crippen molar-refractivity contribution in [3.8, 4) is 0 Å². The Balaban J connectivity index is 2.10. The van der Waals surface area contributed by atoms with Crippen LogP contribution in [0.25, 0.3) is 0 Å². The maximum Gasteiger partial charge on any atom is 0.0337 e. The highest BCUT2D eigenvalue weighted by molar-refractivity contribution is 5.00. The van der Waals surface area contributed by atoms with Crippen molar-refractivity contribution in [1.29, 1.82) is 0 Å². The van der Waals surface area contributed by atoms with Crippen molar-refractivity contribution < 1.29 is 0 Å². The number of nitrogens with zero attached hydrogens (tertiary/aromatic N) is 1. The van der Waals surface area contributed by atoms with E-state index in [2.05, 4.69) is 25.7 Å². The fourth-order valence-corrected chi connectivity index (χ4v) is 4.20. The van der Waals surface area contributed by atoms with Gasteiger partial charge in [0.05, 0.1) is 0 Å². The molecule has 18 heavy (non-hydrogen) atoms. The first kappa shape index (κ1) is 14.3. The lowest BCUT2D eigenvalue weighted by Crippen LogP contribution is -2.59. The molecule has 0 aromatic carbocycles. The molecular weight excluding hydrogens is 220 g/mol. The normalized spacial score (nSPS) is 33.3. The first-order chi connectivity index (χ1) is 8.63. The van der Waals surface area contributed by atoms with Gasteiger partial charge in [0.2, 0.25) is 0 Å². The maximum atomic E-state index is 6.25. The van der Waals surface area contributed by atoms with Crippen LogP contribution in [0.2, 0.25) is 0 Å². The molecule has 2 aliphatic carbocycles. The lowest BCUT2D eigenvalue weighted by atomic mass is 9.72. The molecule has 0 saturated heterocycles. The second-order valence-corrected chi connectivity index (χ2v) is 6.91. The van der Waals surface area contributed by atoms with Crippen LogP contribution in [0.5, 0.6) is 0 Å². The van der Waals surface area contributed by atoms with Gasteiger partial charge >= 0.3 is 0 Å². The van der Waals surface area contributed by atoms with E-state index in [-0.39, 0.29) is 0 Å². The lowest BCUT2D eigenvalue weighted by Gasteiger charge is -2.50. The van der Waals surface area contributed by atoms with Gasteiger partial charge in [-0.3, -0.25) is 4.90 Å². The van der Waals surface area contributed by atoms with E-state index in [0.29, 0.717) is 11.6 Å². The molecule has 2 nitrogen and oxygen atoms in total. The van der Waals surface area contributed by atoms with E-state index < -0.39 is 0 Å². The van der Waals surface area contributed by atoms with Crippen molar-refractivity contribution in [3.63, 3.8) is 0 Å². The minimum Gasteiger partial charge on any atom is -0.329 e. The Morgan fingerprint density at radius 2 is 1.94 bits per heavy atom. The fourth-order valence-electron chi connectivity index (χ4n) is 4.20. The van der Waals surface area contributed by atoms with Gasteiger partial charge in [-0.05, 0) is 64.3 Å². The van der Waals surface area contributed by atoms with Crippen molar-refractivity contribution in [2.45, 2.75) is 77.3 Å². The number of hydrogen-bond donors (Lipinski definition) is 1. The van der Waals surface area contributed by atoms with Crippen LogP contribution in [0.15, 0.2) is 0 Å². The second-order valence-electron chi connectivity index (χ2n) is 6.91. The third kappa shape index (κ3) is 2.91. The monoisotopic (exact) mass is 252 g/mol. The van der Waals surface area contributed by atoms with Crippen LogP contribution in [0.1, 0.15) is 65.7 Å². The summed E-state index contributed by atoms with van der Waals surface area (Å²) in [6.45, 7) is 9.04. The molecule has 2 unspecified atom stereocenters. The smallest absolute Gasteiger partial charge is 0.0337 e. The third-order valence-electron chi connectivity index (χ3n) is 5.22. The summed E-state index contributed by atoms with van der Waals surface area (Å²) in [5.41, 5.74) is 6.56. The molecule has 0 aromatic rings. The fraction of sp³-hybridized carbons (Fsp3) is 1.00. The average molecular weight is 252 g/mol. The Kier molecular flexibility index (Phi) is 4.71. The van der Waals surface area contributed by atoms with E-state index in [9.17, 15) is 0 Å². The topological polar surface area (TPSA) is 29.3 Å². The Bertz CT molecular complexity index is 260. The third-order valence-corrected chi connectivity index (χ3v) is 5.22. The zero-order chi connectivity index (χ0) is 13.2. The molecule has 0 aromatic heterocycles. The van der Waals surface area contributed by atoms with Crippen molar-refractivity contribution in [2.24, 2.45) is 17.6 Å². The standard InChI is InChI=1S/C16H32N2/c1-4-10-18(13(2)3)16(12-17)9-5-6-15(11-16)14-7-8-14/h13-15H,4-12,17H2,1-3H3. The molecule has 2 N–H and O–H groups in total. The summed E-state index contributed by atoms with van der Waals surface area (Å²) in [6.07, 6.45) is 9.77. The maximum absolute atomic E-state index is 6.25. The predicted molar refractivity (Wildman–Crippen MR) is 78.6 cm³/mol. The highest BCUT2D eigenvalue weighted by Crippen LogP contribution is 2.48. The summed E-state index contributed by atoms with van der Waals surface area (Å²) in [7, 11) is 0. The van der Waals surface area contributed by atoms with Crippen LogP contribution >= 0.6 is 0 Å². The van der Waals surface area contributed by atoms with Crippen LogP contribution in [0.4, 0.5) is 0 Å². The molecule has 0 aliphatic heterocycles. The zero-order valence-electron chi connectivity index (χ0n) is 12.6. The molecular formula is C16H32N2. The molecule has 2 atom stereocenters. The summed E-state index contributed by atoms with van der Waals surface area (Å²) in [4.78, 5) is 2.72. The second kappa shape index (κ2) is 5.92. The van der Waals surface area contributed by atoms with Gasteiger partial charge in [-0.1, -0.05) is 19.8 Å². The molecule has 2 heteroatoms. The molecule has 106 valence electrons. The molecule has 2 fully saturated rings. The summed E-state index contributed by atoms with van der Waals surface area (Å²) < 4.78 is 0. The van der Waals surface area contributed by atoms with Gasteiger partial charge in [-0.2, -0.15) is 0 Å². The van der Waals surface area contributed by atoms with Gasteiger partial charge < -0.3 is 5.73 Å². The van der Waals surface area contributed by atoms with E-state index in [4.69, 9.17) is 5.73 Å². The molecule has 0 spiro atoms. The van der Waals surface area contributed by atoms with Crippen molar-refractivity contribution in [2.75, 3.05) is 13.1 Å². The molecule has 2 aliphatic rings. The first-order valence-corrected chi connectivity index (χ1v) is 8.10. The Labute approximate surface area is 113 Å². The molecule has 0 radical (unpaired) electrons. The van der Waals surface area contributed by atoms with Crippen LogP contribution in [-0.2, 0) is 0 Å². The van der Waals surface area contributed by atoms with E-state index in [1.54, 1.807) is 0 Å². The molecule has 2 rings (SSSR count). The van der Waals surface area contributed by atoms with Gasteiger partial charge in [0.15, 0.2) is 0 Å². The Morgan fingerprint density at radius 3 is 2.44 bits per heavy atom. The molecule has 0 heterocycles. The van der Waals surface area contributed by atoms with Gasteiger partial charge in [-0.25, -0.2) is 0 Å². The summed E-state index contributed by atoms with van der Waals surface area (Å²) >= 11 is 0. The summed E-state index contributed by atoms with van der Waals surface area (Å²) in [5.74, 6) is 2.02. The highest BCUT2D eigenvalue weighted by atomic mass is 15.2. The van der Waals surface area contributed by atoms with Gasteiger partial charge in [0.25, 0.3) is 0 Å².